The molecule has 2 heterocycles. The zero-order valence-corrected chi connectivity index (χ0v) is 11.9. The van der Waals surface area contributed by atoms with E-state index in [4.69, 9.17) is 10.7 Å². The molecular formula is C15H22N4. The van der Waals surface area contributed by atoms with Crippen molar-refractivity contribution in [2.75, 3.05) is 17.2 Å². The summed E-state index contributed by atoms with van der Waals surface area (Å²) in [5, 5.41) is 0. The maximum absolute atomic E-state index is 5.82. The molecule has 3 rings (SSSR count). The van der Waals surface area contributed by atoms with Gasteiger partial charge in [-0.25, -0.2) is 4.98 Å². The van der Waals surface area contributed by atoms with Crippen molar-refractivity contribution in [2.45, 2.75) is 33.2 Å². The molecule has 2 aromatic rings. The molecular weight excluding hydrogens is 236 g/mol. The summed E-state index contributed by atoms with van der Waals surface area (Å²) < 4.78 is 0. The van der Waals surface area contributed by atoms with Gasteiger partial charge in [-0.2, -0.15) is 0 Å². The Bertz CT molecular complexity index is 589. The third kappa shape index (κ3) is 2.15. The van der Waals surface area contributed by atoms with Crippen molar-refractivity contribution in [1.82, 2.24) is 9.97 Å². The quantitative estimate of drug-likeness (QED) is 0.773. The van der Waals surface area contributed by atoms with E-state index in [-0.39, 0.29) is 0 Å². The lowest BCUT2D eigenvalue weighted by Gasteiger charge is -2.41. The second-order valence-electron chi connectivity index (χ2n) is 6.05. The topological polar surface area (TPSA) is 57.9 Å². The van der Waals surface area contributed by atoms with E-state index in [1.54, 1.807) is 0 Å². The fourth-order valence-electron chi connectivity index (χ4n) is 3.14. The van der Waals surface area contributed by atoms with Gasteiger partial charge in [0.2, 0.25) is 5.95 Å². The number of hydrogen-bond acceptors (Lipinski definition) is 3. The Morgan fingerprint density at radius 1 is 1.32 bits per heavy atom. The molecule has 0 amide bonds. The Kier molecular flexibility index (Phi) is 2.88. The highest BCUT2D eigenvalue weighted by molar-refractivity contribution is 5.81. The van der Waals surface area contributed by atoms with E-state index in [1.165, 1.54) is 6.42 Å². The largest absolute Gasteiger partial charge is 0.399 e. The summed E-state index contributed by atoms with van der Waals surface area (Å²) in [6.45, 7) is 8.00. The van der Waals surface area contributed by atoms with E-state index in [9.17, 15) is 0 Å². The average molecular weight is 258 g/mol. The number of aromatic nitrogens is 2. The lowest BCUT2D eigenvalue weighted by molar-refractivity contribution is 0.294. The van der Waals surface area contributed by atoms with E-state index in [1.807, 2.05) is 18.2 Å². The first kappa shape index (κ1) is 12.3. The number of nitrogens with one attached hydrogen (secondary N) is 1. The number of nitrogens with two attached hydrogens (primary N) is 1. The summed E-state index contributed by atoms with van der Waals surface area (Å²) in [6, 6.07) is 6.35. The molecule has 19 heavy (non-hydrogen) atoms. The standard InChI is InChI=1S/C15H22N4/c1-9-6-10(2)11(3)19(8-9)15-17-13-5-4-12(16)7-14(13)18-15/h4-5,7,9-11H,6,8,16H2,1-3H3,(H,17,18). The average Bonchev–Trinajstić information content (AvgIpc) is 2.76. The Hall–Kier alpha value is -1.71. The van der Waals surface area contributed by atoms with E-state index >= 15 is 0 Å². The van der Waals surface area contributed by atoms with E-state index in [0.717, 1.165) is 29.2 Å². The Labute approximate surface area is 114 Å². The van der Waals surface area contributed by atoms with Crippen molar-refractivity contribution in [1.29, 1.82) is 0 Å². The number of H-pyrrole nitrogens is 1. The van der Waals surface area contributed by atoms with Gasteiger partial charge in [0.1, 0.15) is 0 Å². The van der Waals surface area contributed by atoms with Crippen LogP contribution < -0.4 is 10.6 Å². The van der Waals surface area contributed by atoms with Crippen LogP contribution in [0.1, 0.15) is 27.2 Å². The number of imidazole rings is 1. The molecule has 1 fully saturated rings. The van der Waals surface area contributed by atoms with Crippen LogP contribution in [0, 0.1) is 11.8 Å². The lowest BCUT2D eigenvalue weighted by Crippen LogP contribution is -2.46. The van der Waals surface area contributed by atoms with Gasteiger partial charge in [0.25, 0.3) is 0 Å². The molecule has 1 aromatic heterocycles. The predicted octanol–water partition coefficient (Wildman–Crippen LogP) is 3.02. The lowest BCUT2D eigenvalue weighted by atomic mass is 9.86. The highest BCUT2D eigenvalue weighted by Crippen LogP contribution is 2.31. The molecule has 1 aliphatic rings. The zero-order valence-electron chi connectivity index (χ0n) is 11.9. The molecule has 3 unspecified atom stereocenters. The molecule has 0 saturated carbocycles. The Morgan fingerprint density at radius 2 is 2.11 bits per heavy atom. The van der Waals surface area contributed by atoms with Crippen molar-refractivity contribution in [3.05, 3.63) is 18.2 Å². The van der Waals surface area contributed by atoms with Crippen LogP contribution in [0.4, 0.5) is 11.6 Å². The number of aromatic amines is 1. The fraction of sp³-hybridized carbons (Fsp3) is 0.533. The molecule has 0 aliphatic carbocycles. The predicted molar refractivity (Wildman–Crippen MR) is 80.3 cm³/mol. The number of piperidine rings is 1. The normalized spacial score (nSPS) is 27.9. The third-order valence-corrected chi connectivity index (χ3v) is 4.36. The number of nitrogens with zero attached hydrogens (tertiary/aromatic N) is 2. The Morgan fingerprint density at radius 3 is 2.89 bits per heavy atom. The van der Waals surface area contributed by atoms with Crippen LogP contribution in [0.15, 0.2) is 18.2 Å². The number of hydrogen-bond donors (Lipinski definition) is 2. The number of nitrogen functional groups attached to an aromatic ring is 1. The molecule has 102 valence electrons. The molecule has 0 spiro atoms. The second-order valence-corrected chi connectivity index (χ2v) is 6.05. The maximum Gasteiger partial charge on any atom is 0.204 e. The van der Waals surface area contributed by atoms with Gasteiger partial charge in [-0.15, -0.1) is 0 Å². The van der Waals surface area contributed by atoms with Crippen LogP contribution in [0.25, 0.3) is 11.0 Å². The van der Waals surface area contributed by atoms with Gasteiger partial charge in [-0.1, -0.05) is 13.8 Å². The van der Waals surface area contributed by atoms with E-state index in [2.05, 4.69) is 30.7 Å². The first-order chi connectivity index (χ1) is 9.04. The zero-order chi connectivity index (χ0) is 13.6. The minimum Gasteiger partial charge on any atom is -0.399 e. The number of anilines is 2. The van der Waals surface area contributed by atoms with E-state index in [0.29, 0.717) is 17.9 Å². The molecule has 3 N–H and O–H groups in total. The van der Waals surface area contributed by atoms with Crippen molar-refractivity contribution >= 4 is 22.7 Å². The minimum atomic E-state index is 0.522. The molecule has 0 bridgehead atoms. The van der Waals surface area contributed by atoms with Gasteiger partial charge >= 0.3 is 0 Å². The minimum absolute atomic E-state index is 0.522. The first-order valence-corrected chi connectivity index (χ1v) is 7.06. The van der Waals surface area contributed by atoms with Crippen LogP contribution in [-0.2, 0) is 0 Å². The van der Waals surface area contributed by atoms with Crippen LogP contribution in [0.2, 0.25) is 0 Å². The van der Waals surface area contributed by atoms with Crippen molar-refractivity contribution in [3.8, 4) is 0 Å². The summed E-state index contributed by atoms with van der Waals surface area (Å²) in [5.41, 5.74) is 8.61. The van der Waals surface area contributed by atoms with Crippen molar-refractivity contribution in [2.24, 2.45) is 11.8 Å². The van der Waals surface area contributed by atoms with E-state index < -0.39 is 0 Å². The third-order valence-electron chi connectivity index (χ3n) is 4.36. The SMILES string of the molecule is CC1CC(C)C(C)N(c2nc3ccc(N)cc3[nH]2)C1. The summed E-state index contributed by atoms with van der Waals surface area (Å²) >= 11 is 0. The highest BCUT2D eigenvalue weighted by Gasteiger charge is 2.30. The van der Waals surface area contributed by atoms with Gasteiger partial charge in [-0.05, 0) is 43.4 Å². The molecule has 1 aromatic carbocycles. The Balaban J connectivity index is 1.98. The number of rotatable bonds is 1. The van der Waals surface area contributed by atoms with Gasteiger partial charge in [0.15, 0.2) is 0 Å². The highest BCUT2D eigenvalue weighted by atomic mass is 15.3. The second kappa shape index (κ2) is 4.44. The van der Waals surface area contributed by atoms with Gasteiger partial charge in [-0.3, -0.25) is 0 Å². The van der Waals surface area contributed by atoms with Crippen molar-refractivity contribution in [3.63, 3.8) is 0 Å². The van der Waals surface area contributed by atoms with Crippen LogP contribution in [0.3, 0.4) is 0 Å². The monoisotopic (exact) mass is 258 g/mol. The van der Waals surface area contributed by atoms with Crippen LogP contribution in [0.5, 0.6) is 0 Å². The fourth-order valence-corrected chi connectivity index (χ4v) is 3.14. The van der Waals surface area contributed by atoms with Crippen molar-refractivity contribution < 1.29 is 0 Å². The first-order valence-electron chi connectivity index (χ1n) is 7.06. The summed E-state index contributed by atoms with van der Waals surface area (Å²) in [6.07, 6.45) is 1.30. The molecule has 4 heteroatoms. The molecule has 1 aliphatic heterocycles. The number of benzene rings is 1. The molecule has 3 atom stereocenters. The molecule has 1 saturated heterocycles. The van der Waals surface area contributed by atoms with Gasteiger partial charge in [0, 0.05) is 18.3 Å². The van der Waals surface area contributed by atoms with Gasteiger partial charge < -0.3 is 15.6 Å². The van der Waals surface area contributed by atoms with Gasteiger partial charge in [0.05, 0.1) is 11.0 Å². The molecule has 0 radical (unpaired) electrons. The summed E-state index contributed by atoms with van der Waals surface area (Å²) in [5.74, 6) is 2.39. The summed E-state index contributed by atoms with van der Waals surface area (Å²) in [7, 11) is 0. The maximum atomic E-state index is 5.82. The molecule has 4 nitrogen and oxygen atoms in total. The van der Waals surface area contributed by atoms with Crippen LogP contribution >= 0.6 is 0 Å². The van der Waals surface area contributed by atoms with Crippen LogP contribution in [-0.4, -0.2) is 22.6 Å². The number of fused-ring (bicyclic) bond motifs is 1. The summed E-state index contributed by atoms with van der Waals surface area (Å²) in [4.78, 5) is 10.5. The smallest absolute Gasteiger partial charge is 0.204 e.